The molecule has 112 valence electrons. The smallest absolute Gasteiger partial charge is 0.225 e. The number of hydrogen-bond donors (Lipinski definition) is 1. The first-order chi connectivity index (χ1) is 10.6. The molecule has 0 saturated carbocycles. The Balaban J connectivity index is 1.76. The Kier molecular flexibility index (Phi) is 3.92. The number of nitrogens with one attached hydrogen (secondary N) is 1. The summed E-state index contributed by atoms with van der Waals surface area (Å²) in [6, 6.07) is 14.4. The van der Waals surface area contributed by atoms with Gasteiger partial charge in [0.25, 0.3) is 0 Å². The summed E-state index contributed by atoms with van der Waals surface area (Å²) in [4.78, 5) is 11.1. The third-order valence-electron chi connectivity index (χ3n) is 3.81. The lowest BCUT2D eigenvalue weighted by Gasteiger charge is -2.24. The first-order valence-electron chi connectivity index (χ1n) is 7.39. The van der Waals surface area contributed by atoms with Crippen molar-refractivity contribution in [1.29, 1.82) is 0 Å². The van der Waals surface area contributed by atoms with Gasteiger partial charge in [-0.2, -0.15) is 0 Å². The Morgan fingerprint density at radius 3 is 2.23 bits per heavy atom. The molecule has 0 unspecified atom stereocenters. The first kappa shape index (κ1) is 14.3. The third kappa shape index (κ3) is 2.86. The lowest BCUT2D eigenvalue weighted by Crippen LogP contribution is -2.29. The number of para-hydroxylation sites is 2. The van der Waals surface area contributed by atoms with E-state index in [-0.39, 0.29) is 0 Å². The lowest BCUT2D eigenvalue weighted by molar-refractivity contribution is 0.987. The minimum Gasteiger partial charge on any atom is -0.324 e. The molecule has 22 heavy (non-hydrogen) atoms. The summed E-state index contributed by atoms with van der Waals surface area (Å²) >= 11 is 0. The van der Waals surface area contributed by atoms with Gasteiger partial charge in [0, 0.05) is 11.4 Å². The van der Waals surface area contributed by atoms with E-state index in [0.717, 1.165) is 5.69 Å². The molecule has 0 saturated heterocycles. The molecule has 0 amide bonds. The Bertz CT molecular complexity index is 726. The number of benzene rings is 2. The van der Waals surface area contributed by atoms with Crippen LogP contribution in [0, 0.1) is 20.8 Å². The van der Waals surface area contributed by atoms with E-state index in [1.165, 1.54) is 22.4 Å². The Hall–Kier alpha value is -2.62. The van der Waals surface area contributed by atoms with Crippen LogP contribution < -0.4 is 10.2 Å². The topological polar surface area (TPSA) is 40.0 Å². The summed E-state index contributed by atoms with van der Waals surface area (Å²) in [5.74, 6) is 0.650. The monoisotopic (exact) mass is 292 g/mol. The highest BCUT2D eigenvalue weighted by Crippen LogP contribution is 2.24. The second kappa shape index (κ2) is 6.02. The molecule has 4 heteroatoms. The highest BCUT2D eigenvalue weighted by Gasteiger charge is 2.13. The SMILES string of the molecule is Cc1ccccc1NC1=NCN(c2c(C)cccc2C)C=N1. The van der Waals surface area contributed by atoms with Gasteiger partial charge in [0.1, 0.15) is 13.0 Å². The lowest BCUT2D eigenvalue weighted by atomic mass is 10.1. The van der Waals surface area contributed by atoms with Gasteiger partial charge in [-0.1, -0.05) is 36.4 Å². The van der Waals surface area contributed by atoms with Gasteiger partial charge in [0.2, 0.25) is 5.96 Å². The number of rotatable bonds is 2. The summed E-state index contributed by atoms with van der Waals surface area (Å²) in [5, 5.41) is 3.28. The van der Waals surface area contributed by atoms with Crippen molar-refractivity contribution in [2.24, 2.45) is 9.98 Å². The molecule has 2 aromatic rings. The minimum atomic E-state index is 0.573. The standard InChI is InChI=1S/C18H20N4/c1-13-7-4-5-10-16(13)21-18-19-11-22(12-20-18)17-14(2)8-6-9-15(17)3/h4-11H,12H2,1-3H3,(H,20,21). The summed E-state index contributed by atoms with van der Waals surface area (Å²) in [6.07, 6.45) is 1.85. The highest BCUT2D eigenvalue weighted by molar-refractivity contribution is 6.02. The summed E-state index contributed by atoms with van der Waals surface area (Å²) in [6.45, 7) is 6.86. The van der Waals surface area contributed by atoms with Crippen LogP contribution in [0.25, 0.3) is 0 Å². The average Bonchev–Trinajstić information content (AvgIpc) is 2.51. The third-order valence-corrected chi connectivity index (χ3v) is 3.81. The van der Waals surface area contributed by atoms with Crippen LogP contribution in [0.15, 0.2) is 52.4 Å². The molecule has 4 nitrogen and oxygen atoms in total. The first-order valence-corrected chi connectivity index (χ1v) is 7.39. The zero-order valence-electron chi connectivity index (χ0n) is 13.2. The average molecular weight is 292 g/mol. The fourth-order valence-corrected chi connectivity index (χ4v) is 2.64. The van der Waals surface area contributed by atoms with Crippen molar-refractivity contribution < 1.29 is 0 Å². The summed E-state index contributed by atoms with van der Waals surface area (Å²) in [7, 11) is 0. The van der Waals surface area contributed by atoms with Crippen molar-refractivity contribution in [2.75, 3.05) is 16.9 Å². The molecule has 0 spiro atoms. The van der Waals surface area contributed by atoms with Crippen LogP contribution in [0.3, 0.4) is 0 Å². The van der Waals surface area contributed by atoms with E-state index in [4.69, 9.17) is 0 Å². The van der Waals surface area contributed by atoms with E-state index < -0.39 is 0 Å². The normalized spacial score (nSPS) is 14.0. The number of aliphatic imine (C=N–C) groups is 2. The van der Waals surface area contributed by atoms with E-state index in [1.54, 1.807) is 0 Å². The second-order valence-corrected chi connectivity index (χ2v) is 5.52. The predicted molar refractivity (Wildman–Crippen MR) is 94.0 cm³/mol. The molecule has 0 aliphatic carbocycles. The molecular formula is C18H20N4. The van der Waals surface area contributed by atoms with Crippen LogP contribution >= 0.6 is 0 Å². The predicted octanol–water partition coefficient (Wildman–Crippen LogP) is 3.89. The molecule has 0 fully saturated rings. The van der Waals surface area contributed by atoms with Crippen LogP contribution in [0.4, 0.5) is 11.4 Å². The molecule has 3 rings (SSSR count). The molecule has 0 aromatic heterocycles. The van der Waals surface area contributed by atoms with Crippen LogP contribution in [-0.2, 0) is 0 Å². The molecule has 1 aliphatic heterocycles. The van der Waals surface area contributed by atoms with Crippen LogP contribution in [0.5, 0.6) is 0 Å². The quantitative estimate of drug-likeness (QED) is 0.912. The number of anilines is 2. The van der Waals surface area contributed by atoms with Crippen LogP contribution in [0.1, 0.15) is 16.7 Å². The highest BCUT2D eigenvalue weighted by atomic mass is 15.3. The van der Waals surface area contributed by atoms with Crippen molar-refractivity contribution in [3.05, 3.63) is 59.2 Å². The van der Waals surface area contributed by atoms with Crippen molar-refractivity contribution in [1.82, 2.24) is 0 Å². The molecule has 0 atom stereocenters. The number of nitrogens with zero attached hydrogens (tertiary/aromatic N) is 3. The van der Waals surface area contributed by atoms with Gasteiger partial charge in [-0.05, 0) is 43.5 Å². The molecule has 0 radical (unpaired) electrons. The van der Waals surface area contributed by atoms with Gasteiger partial charge in [-0.15, -0.1) is 0 Å². The van der Waals surface area contributed by atoms with Crippen LogP contribution in [-0.4, -0.2) is 19.0 Å². The van der Waals surface area contributed by atoms with Crippen LogP contribution in [0.2, 0.25) is 0 Å². The fraction of sp³-hybridized carbons (Fsp3) is 0.222. The largest absolute Gasteiger partial charge is 0.324 e. The van der Waals surface area contributed by atoms with Gasteiger partial charge in [0.05, 0.1) is 0 Å². The van der Waals surface area contributed by atoms with Crippen molar-refractivity contribution in [3.8, 4) is 0 Å². The Morgan fingerprint density at radius 2 is 1.59 bits per heavy atom. The second-order valence-electron chi connectivity index (χ2n) is 5.52. The Morgan fingerprint density at radius 1 is 0.909 bits per heavy atom. The summed E-state index contributed by atoms with van der Waals surface area (Å²) in [5.41, 5.74) is 5.87. The molecular weight excluding hydrogens is 272 g/mol. The van der Waals surface area contributed by atoms with E-state index in [0.29, 0.717) is 12.6 Å². The number of hydrogen-bond acceptors (Lipinski definition) is 4. The van der Waals surface area contributed by atoms with Crippen molar-refractivity contribution in [2.45, 2.75) is 20.8 Å². The van der Waals surface area contributed by atoms with Gasteiger partial charge >= 0.3 is 0 Å². The molecule has 1 heterocycles. The van der Waals surface area contributed by atoms with E-state index in [2.05, 4.69) is 65.2 Å². The Labute approximate surface area is 131 Å². The van der Waals surface area contributed by atoms with E-state index >= 15 is 0 Å². The van der Waals surface area contributed by atoms with Crippen molar-refractivity contribution in [3.63, 3.8) is 0 Å². The van der Waals surface area contributed by atoms with Gasteiger partial charge in [0.15, 0.2) is 0 Å². The zero-order valence-corrected chi connectivity index (χ0v) is 13.2. The van der Waals surface area contributed by atoms with Gasteiger partial charge in [-0.3, -0.25) is 0 Å². The maximum absolute atomic E-state index is 4.54. The van der Waals surface area contributed by atoms with Gasteiger partial charge < -0.3 is 10.2 Å². The molecule has 2 aromatic carbocycles. The maximum atomic E-state index is 4.54. The molecule has 0 bridgehead atoms. The summed E-state index contributed by atoms with van der Waals surface area (Å²) < 4.78 is 0. The maximum Gasteiger partial charge on any atom is 0.225 e. The minimum absolute atomic E-state index is 0.573. The fourth-order valence-electron chi connectivity index (χ4n) is 2.64. The number of aryl methyl sites for hydroxylation is 3. The van der Waals surface area contributed by atoms with Gasteiger partial charge in [-0.25, -0.2) is 9.98 Å². The van der Waals surface area contributed by atoms with E-state index in [1.807, 2.05) is 24.5 Å². The number of guanidine groups is 1. The molecule has 1 aliphatic rings. The molecule has 1 N–H and O–H groups in total. The zero-order chi connectivity index (χ0) is 15.5. The van der Waals surface area contributed by atoms with Crippen molar-refractivity contribution >= 4 is 23.7 Å². The van der Waals surface area contributed by atoms with E-state index in [9.17, 15) is 0 Å².